The van der Waals surface area contributed by atoms with Gasteiger partial charge in [-0.05, 0) is 61.9 Å². The molecule has 2 aromatic carbocycles. The number of halogens is 1. The zero-order chi connectivity index (χ0) is 20.4. The molecule has 0 radical (unpaired) electrons. The number of benzene rings is 2. The van der Waals surface area contributed by atoms with Crippen LogP contribution in [0.1, 0.15) is 19.4 Å². The van der Waals surface area contributed by atoms with Gasteiger partial charge in [0.15, 0.2) is 0 Å². The molecule has 4 aromatic rings. The van der Waals surface area contributed by atoms with Crippen LogP contribution in [0.15, 0.2) is 67.0 Å². The molecule has 0 fully saturated rings. The summed E-state index contributed by atoms with van der Waals surface area (Å²) in [6.45, 7) is 3.47. The molecular formula is C22H20FN5O. The normalized spacial score (nSPS) is 11.4. The summed E-state index contributed by atoms with van der Waals surface area (Å²) in [6, 6.07) is 15.4. The van der Waals surface area contributed by atoms with Crippen molar-refractivity contribution in [1.82, 2.24) is 20.2 Å². The molecule has 29 heavy (non-hydrogen) atoms. The van der Waals surface area contributed by atoms with Crippen molar-refractivity contribution in [1.29, 1.82) is 0 Å². The fraction of sp³-hybridized carbons (Fsp3) is 0.136. The molecule has 0 saturated heterocycles. The highest BCUT2D eigenvalue weighted by Gasteiger charge is 2.16. The van der Waals surface area contributed by atoms with Gasteiger partial charge in [0.1, 0.15) is 5.82 Å². The minimum atomic E-state index is -0.943. The van der Waals surface area contributed by atoms with Crippen molar-refractivity contribution in [3.8, 4) is 22.5 Å². The average Bonchev–Trinajstić information content (AvgIpc) is 3.18. The monoisotopic (exact) mass is 389 g/mol. The van der Waals surface area contributed by atoms with Crippen molar-refractivity contribution >= 4 is 11.6 Å². The summed E-state index contributed by atoms with van der Waals surface area (Å²) in [5.74, 6) is 0.123. The quantitative estimate of drug-likeness (QED) is 0.463. The van der Waals surface area contributed by atoms with Gasteiger partial charge in [-0.2, -0.15) is 5.10 Å². The first-order valence-corrected chi connectivity index (χ1v) is 9.13. The summed E-state index contributed by atoms with van der Waals surface area (Å²) >= 11 is 0. The Kier molecular flexibility index (Phi) is 4.82. The fourth-order valence-electron chi connectivity index (χ4n) is 2.99. The van der Waals surface area contributed by atoms with Gasteiger partial charge in [0.05, 0.1) is 23.2 Å². The van der Waals surface area contributed by atoms with Gasteiger partial charge in [0, 0.05) is 23.0 Å². The molecule has 6 nitrogen and oxygen atoms in total. The fourth-order valence-corrected chi connectivity index (χ4v) is 2.99. The predicted molar refractivity (Wildman–Crippen MR) is 110 cm³/mol. The first kappa shape index (κ1) is 18.8. The van der Waals surface area contributed by atoms with Crippen LogP contribution in [0.5, 0.6) is 0 Å². The maximum Gasteiger partial charge on any atom is 0.227 e. The maximum atomic E-state index is 13.2. The number of nitrogens with one attached hydrogen (secondary N) is 2. The maximum absolute atomic E-state index is 13.2. The van der Waals surface area contributed by atoms with E-state index in [2.05, 4.69) is 25.5 Å². The summed E-state index contributed by atoms with van der Waals surface area (Å²) in [5, 5.41) is 20.5. The van der Waals surface area contributed by atoms with Crippen molar-refractivity contribution in [2.75, 3.05) is 5.32 Å². The molecule has 7 heteroatoms. The van der Waals surface area contributed by atoms with E-state index in [0.29, 0.717) is 11.6 Å². The van der Waals surface area contributed by atoms with Gasteiger partial charge >= 0.3 is 0 Å². The van der Waals surface area contributed by atoms with Gasteiger partial charge in [-0.25, -0.2) is 14.4 Å². The van der Waals surface area contributed by atoms with Crippen LogP contribution in [0.3, 0.4) is 0 Å². The number of aromatic amines is 1. The highest BCUT2D eigenvalue weighted by molar-refractivity contribution is 5.78. The lowest BCUT2D eigenvalue weighted by Gasteiger charge is -2.18. The average molecular weight is 389 g/mol. The van der Waals surface area contributed by atoms with Crippen LogP contribution < -0.4 is 5.32 Å². The van der Waals surface area contributed by atoms with Gasteiger partial charge in [-0.1, -0.05) is 12.1 Å². The second-order valence-corrected chi connectivity index (χ2v) is 7.20. The number of nitrogens with zero attached hydrogens (tertiary/aromatic N) is 3. The number of anilines is 2. The van der Waals surface area contributed by atoms with E-state index >= 15 is 0 Å². The lowest BCUT2D eigenvalue weighted by molar-refractivity contribution is 0.0786. The van der Waals surface area contributed by atoms with Crippen molar-refractivity contribution in [2.24, 2.45) is 0 Å². The molecule has 0 aliphatic rings. The topological polar surface area (TPSA) is 86.7 Å². The molecule has 3 N–H and O–H groups in total. The van der Waals surface area contributed by atoms with E-state index in [9.17, 15) is 9.50 Å². The number of aliphatic hydroxyl groups is 1. The standard InChI is InChI=1S/C22H20FN5O/c1-22(2,29)15-4-3-5-17(12-15)26-21-24-11-10-19(27-21)18-13-25-28-20(18)14-6-8-16(23)9-7-14/h3-13,29H,1-2H3,(H,25,28)(H,24,26,27). The molecule has 0 spiro atoms. The van der Waals surface area contributed by atoms with Crippen LogP contribution >= 0.6 is 0 Å². The van der Waals surface area contributed by atoms with Crippen molar-refractivity contribution in [3.63, 3.8) is 0 Å². The van der Waals surface area contributed by atoms with E-state index < -0.39 is 5.60 Å². The highest BCUT2D eigenvalue weighted by Crippen LogP contribution is 2.30. The zero-order valence-electron chi connectivity index (χ0n) is 16.0. The van der Waals surface area contributed by atoms with E-state index in [1.807, 2.05) is 24.3 Å². The van der Waals surface area contributed by atoms with E-state index in [1.165, 1.54) is 12.1 Å². The SMILES string of the molecule is CC(C)(O)c1cccc(Nc2nccc(-c3cn[nH]c3-c3ccc(F)cc3)n2)c1. The number of H-pyrrole nitrogens is 1. The van der Waals surface area contributed by atoms with Crippen molar-refractivity contribution in [3.05, 3.63) is 78.4 Å². The Morgan fingerprint density at radius 3 is 2.62 bits per heavy atom. The van der Waals surface area contributed by atoms with Crippen LogP contribution in [-0.4, -0.2) is 25.3 Å². The molecular weight excluding hydrogens is 369 g/mol. The van der Waals surface area contributed by atoms with Gasteiger partial charge in [-0.15, -0.1) is 0 Å². The second kappa shape index (κ2) is 7.44. The molecule has 0 aliphatic heterocycles. The Morgan fingerprint density at radius 2 is 1.86 bits per heavy atom. The van der Waals surface area contributed by atoms with Gasteiger partial charge < -0.3 is 10.4 Å². The lowest BCUT2D eigenvalue weighted by Crippen LogP contribution is -2.15. The molecule has 0 bridgehead atoms. The summed E-state index contributed by atoms with van der Waals surface area (Å²) in [7, 11) is 0. The first-order chi connectivity index (χ1) is 13.9. The third-order valence-corrected chi connectivity index (χ3v) is 4.53. The molecule has 0 amide bonds. The van der Waals surface area contributed by atoms with Crippen LogP contribution in [0, 0.1) is 5.82 Å². The molecule has 146 valence electrons. The third-order valence-electron chi connectivity index (χ3n) is 4.53. The summed E-state index contributed by atoms with van der Waals surface area (Å²) in [4.78, 5) is 8.87. The first-order valence-electron chi connectivity index (χ1n) is 9.13. The molecule has 4 rings (SSSR count). The third kappa shape index (κ3) is 4.14. The van der Waals surface area contributed by atoms with Crippen LogP contribution in [0.25, 0.3) is 22.5 Å². The smallest absolute Gasteiger partial charge is 0.227 e. The number of rotatable bonds is 5. The van der Waals surface area contributed by atoms with Gasteiger partial charge in [0.25, 0.3) is 0 Å². The Balaban J connectivity index is 1.64. The lowest BCUT2D eigenvalue weighted by atomic mass is 9.98. The summed E-state index contributed by atoms with van der Waals surface area (Å²) < 4.78 is 13.2. The van der Waals surface area contributed by atoms with E-state index in [1.54, 1.807) is 44.4 Å². The Morgan fingerprint density at radius 1 is 1.07 bits per heavy atom. The van der Waals surface area contributed by atoms with Crippen molar-refractivity contribution < 1.29 is 9.50 Å². The predicted octanol–water partition coefficient (Wildman–Crippen LogP) is 4.64. The molecule has 2 heterocycles. The minimum absolute atomic E-state index is 0.295. The van der Waals surface area contributed by atoms with Crippen molar-refractivity contribution in [2.45, 2.75) is 19.4 Å². The molecule has 0 saturated carbocycles. The summed E-state index contributed by atoms with van der Waals surface area (Å²) in [6.07, 6.45) is 3.34. The van der Waals surface area contributed by atoms with Crippen LogP contribution in [0.2, 0.25) is 0 Å². The molecule has 0 aliphatic carbocycles. The second-order valence-electron chi connectivity index (χ2n) is 7.20. The Labute approximate surface area is 167 Å². The summed E-state index contributed by atoms with van der Waals surface area (Å²) in [5.41, 5.74) is 3.63. The van der Waals surface area contributed by atoms with Gasteiger partial charge in [-0.3, -0.25) is 5.10 Å². The number of hydrogen-bond acceptors (Lipinski definition) is 5. The van der Waals surface area contributed by atoms with E-state index in [0.717, 1.165) is 28.1 Å². The molecule has 0 unspecified atom stereocenters. The van der Waals surface area contributed by atoms with E-state index in [-0.39, 0.29) is 5.82 Å². The van der Waals surface area contributed by atoms with Crippen LogP contribution in [0.4, 0.5) is 16.0 Å². The molecule has 2 aromatic heterocycles. The Hall–Kier alpha value is -3.58. The van der Waals surface area contributed by atoms with E-state index in [4.69, 9.17) is 0 Å². The highest BCUT2D eigenvalue weighted by atomic mass is 19.1. The largest absolute Gasteiger partial charge is 0.386 e. The Bertz CT molecular complexity index is 1130. The number of hydrogen-bond donors (Lipinski definition) is 3. The zero-order valence-corrected chi connectivity index (χ0v) is 16.0. The van der Waals surface area contributed by atoms with Gasteiger partial charge in [0.2, 0.25) is 5.95 Å². The molecule has 0 atom stereocenters. The minimum Gasteiger partial charge on any atom is -0.386 e. The van der Waals surface area contributed by atoms with Crippen LogP contribution in [-0.2, 0) is 5.60 Å². The number of aromatic nitrogens is 4.